The van der Waals surface area contributed by atoms with Gasteiger partial charge in [-0.15, -0.1) is 0 Å². The predicted molar refractivity (Wildman–Crippen MR) is 80.1 cm³/mol. The molecule has 0 atom stereocenters. The van der Waals surface area contributed by atoms with Crippen molar-refractivity contribution in [3.05, 3.63) is 35.1 Å². The van der Waals surface area contributed by atoms with E-state index < -0.39 is 17.6 Å². The van der Waals surface area contributed by atoms with E-state index in [1.165, 1.54) is 44.6 Å². The van der Waals surface area contributed by atoms with Crippen LogP contribution >= 0.6 is 0 Å². The van der Waals surface area contributed by atoms with Crippen molar-refractivity contribution >= 4 is 0 Å². The highest BCUT2D eigenvalue weighted by Crippen LogP contribution is 2.34. The summed E-state index contributed by atoms with van der Waals surface area (Å²) in [6.07, 6.45) is 4.29. The summed E-state index contributed by atoms with van der Waals surface area (Å²) in [7, 11) is 0. The van der Waals surface area contributed by atoms with Crippen LogP contribution < -0.4 is 0 Å². The first-order chi connectivity index (χ1) is 10.4. The third-order valence-corrected chi connectivity index (χ3v) is 4.87. The molecule has 1 aromatic carbocycles. The van der Waals surface area contributed by atoms with E-state index in [-0.39, 0.29) is 0 Å². The van der Waals surface area contributed by atoms with Crippen molar-refractivity contribution in [1.82, 2.24) is 0 Å². The fourth-order valence-corrected chi connectivity index (χ4v) is 3.50. The first-order valence-electron chi connectivity index (χ1n) is 8.25. The van der Waals surface area contributed by atoms with Gasteiger partial charge in [-0.2, -0.15) is 13.2 Å². The number of benzene rings is 1. The van der Waals surface area contributed by atoms with Crippen LogP contribution in [0.2, 0.25) is 0 Å². The standard InChI is InChI=1S/C18H24F4/c1-2-3-13-4-6-14(7-5-13)8-9-15-10-11-16(12-17(15)19)18(20,21)22/h10-14H,2-9H2,1H3. The maximum atomic E-state index is 13.8. The van der Waals surface area contributed by atoms with Gasteiger partial charge < -0.3 is 0 Å². The normalized spacial score (nSPS) is 22.8. The molecule has 0 amide bonds. The molecule has 1 aliphatic carbocycles. The molecule has 0 N–H and O–H groups in total. The molecule has 1 saturated carbocycles. The maximum Gasteiger partial charge on any atom is 0.416 e. The first-order valence-corrected chi connectivity index (χ1v) is 8.25. The molecule has 0 radical (unpaired) electrons. The van der Waals surface area contributed by atoms with E-state index in [1.54, 1.807) is 0 Å². The molecule has 0 nitrogen and oxygen atoms in total. The Morgan fingerprint density at radius 3 is 2.09 bits per heavy atom. The second kappa shape index (κ2) is 7.47. The third-order valence-electron chi connectivity index (χ3n) is 4.87. The molecule has 4 heteroatoms. The lowest BCUT2D eigenvalue weighted by molar-refractivity contribution is -0.137. The monoisotopic (exact) mass is 316 g/mol. The van der Waals surface area contributed by atoms with Crippen molar-refractivity contribution in [2.24, 2.45) is 11.8 Å². The summed E-state index contributed by atoms with van der Waals surface area (Å²) < 4.78 is 51.3. The van der Waals surface area contributed by atoms with Gasteiger partial charge in [0.2, 0.25) is 0 Å². The van der Waals surface area contributed by atoms with Crippen LogP contribution in [0.5, 0.6) is 0 Å². The fraction of sp³-hybridized carbons (Fsp3) is 0.667. The van der Waals surface area contributed by atoms with Crippen molar-refractivity contribution in [1.29, 1.82) is 0 Å². The average Bonchev–Trinajstić information content (AvgIpc) is 2.47. The van der Waals surface area contributed by atoms with E-state index in [2.05, 4.69) is 6.92 Å². The lowest BCUT2D eigenvalue weighted by Crippen LogP contribution is -2.15. The van der Waals surface area contributed by atoms with E-state index in [1.807, 2.05) is 0 Å². The summed E-state index contributed by atoms with van der Waals surface area (Å²) in [6.45, 7) is 2.21. The number of rotatable bonds is 5. The van der Waals surface area contributed by atoms with Crippen LogP contribution in [0.4, 0.5) is 17.6 Å². The predicted octanol–water partition coefficient (Wildman–Crippen LogP) is 6.38. The zero-order valence-corrected chi connectivity index (χ0v) is 13.1. The third kappa shape index (κ3) is 4.72. The molecule has 0 aliphatic heterocycles. The van der Waals surface area contributed by atoms with E-state index >= 15 is 0 Å². The van der Waals surface area contributed by atoms with E-state index in [9.17, 15) is 17.6 Å². The Labute approximate surface area is 129 Å². The molecule has 124 valence electrons. The van der Waals surface area contributed by atoms with Crippen molar-refractivity contribution in [2.75, 3.05) is 0 Å². The second-order valence-corrected chi connectivity index (χ2v) is 6.52. The van der Waals surface area contributed by atoms with Crippen LogP contribution in [-0.4, -0.2) is 0 Å². The molecule has 1 aliphatic rings. The van der Waals surface area contributed by atoms with Crippen LogP contribution in [0.15, 0.2) is 18.2 Å². The Balaban J connectivity index is 1.85. The minimum Gasteiger partial charge on any atom is -0.207 e. The van der Waals surface area contributed by atoms with Gasteiger partial charge in [-0.25, -0.2) is 4.39 Å². The van der Waals surface area contributed by atoms with Crippen LogP contribution in [0.1, 0.15) is 63.0 Å². The molecular formula is C18H24F4. The highest BCUT2D eigenvalue weighted by atomic mass is 19.4. The molecule has 1 aromatic rings. The fourth-order valence-electron chi connectivity index (χ4n) is 3.50. The minimum absolute atomic E-state index is 0.406. The molecule has 22 heavy (non-hydrogen) atoms. The van der Waals surface area contributed by atoms with Gasteiger partial charge in [-0.3, -0.25) is 0 Å². The van der Waals surface area contributed by atoms with Gasteiger partial charge in [0, 0.05) is 0 Å². The highest BCUT2D eigenvalue weighted by molar-refractivity contribution is 5.26. The van der Waals surface area contributed by atoms with Crippen molar-refractivity contribution < 1.29 is 17.6 Å². The van der Waals surface area contributed by atoms with Gasteiger partial charge in [0.1, 0.15) is 5.82 Å². The van der Waals surface area contributed by atoms with Gasteiger partial charge in [0.15, 0.2) is 0 Å². The summed E-state index contributed by atoms with van der Waals surface area (Å²) in [5, 5.41) is 0. The van der Waals surface area contributed by atoms with E-state index in [0.29, 0.717) is 24.0 Å². The highest BCUT2D eigenvalue weighted by Gasteiger charge is 2.31. The van der Waals surface area contributed by atoms with Crippen molar-refractivity contribution in [3.8, 4) is 0 Å². The Morgan fingerprint density at radius 2 is 1.59 bits per heavy atom. The molecular weight excluding hydrogens is 292 g/mol. The number of hydrogen-bond acceptors (Lipinski definition) is 0. The molecule has 2 rings (SSSR count). The molecule has 0 heterocycles. The summed E-state index contributed by atoms with van der Waals surface area (Å²) in [5.41, 5.74) is -0.502. The molecule has 0 spiro atoms. The molecule has 0 saturated heterocycles. The van der Waals surface area contributed by atoms with Crippen LogP contribution in [0.25, 0.3) is 0 Å². The molecule has 0 bridgehead atoms. The van der Waals surface area contributed by atoms with Crippen molar-refractivity contribution in [3.63, 3.8) is 0 Å². The van der Waals surface area contributed by atoms with E-state index in [0.717, 1.165) is 18.4 Å². The summed E-state index contributed by atoms with van der Waals surface area (Å²) in [4.78, 5) is 0. The van der Waals surface area contributed by atoms with Gasteiger partial charge in [0.25, 0.3) is 0 Å². The quantitative estimate of drug-likeness (QED) is 0.553. The summed E-state index contributed by atoms with van der Waals surface area (Å²) in [5.74, 6) is 0.702. The maximum absolute atomic E-state index is 13.8. The Morgan fingerprint density at radius 1 is 1.00 bits per heavy atom. The Hall–Kier alpha value is -1.06. The van der Waals surface area contributed by atoms with Crippen molar-refractivity contribution in [2.45, 2.75) is 64.5 Å². The zero-order chi connectivity index (χ0) is 16.2. The number of halogens is 4. The molecule has 0 aromatic heterocycles. The van der Waals surface area contributed by atoms with Crippen LogP contribution in [0, 0.1) is 17.7 Å². The van der Waals surface area contributed by atoms with Gasteiger partial charge >= 0.3 is 6.18 Å². The Bertz CT molecular complexity index is 470. The average molecular weight is 316 g/mol. The van der Waals surface area contributed by atoms with Gasteiger partial charge in [0.05, 0.1) is 5.56 Å². The smallest absolute Gasteiger partial charge is 0.207 e. The number of aryl methyl sites for hydroxylation is 1. The number of hydrogen-bond donors (Lipinski definition) is 0. The second-order valence-electron chi connectivity index (χ2n) is 6.52. The van der Waals surface area contributed by atoms with E-state index in [4.69, 9.17) is 0 Å². The SMILES string of the molecule is CCCC1CCC(CCc2ccc(C(F)(F)F)cc2F)CC1. The zero-order valence-electron chi connectivity index (χ0n) is 13.1. The molecule has 1 fully saturated rings. The van der Waals surface area contributed by atoms with Gasteiger partial charge in [-0.1, -0.05) is 51.5 Å². The summed E-state index contributed by atoms with van der Waals surface area (Å²) >= 11 is 0. The molecule has 0 unspecified atom stereocenters. The lowest BCUT2D eigenvalue weighted by Gasteiger charge is -2.28. The van der Waals surface area contributed by atoms with Crippen LogP contribution in [0.3, 0.4) is 0 Å². The van der Waals surface area contributed by atoms with Gasteiger partial charge in [-0.05, 0) is 42.4 Å². The lowest BCUT2D eigenvalue weighted by atomic mass is 9.78. The largest absolute Gasteiger partial charge is 0.416 e. The summed E-state index contributed by atoms with van der Waals surface area (Å²) in [6, 6.07) is 2.89. The van der Waals surface area contributed by atoms with Crippen LogP contribution in [-0.2, 0) is 12.6 Å². The Kier molecular flexibility index (Phi) is 5.87. The number of alkyl halides is 3. The topological polar surface area (TPSA) is 0 Å². The first kappa shape index (κ1) is 17.3. The minimum atomic E-state index is -4.48.